The fourth-order valence-corrected chi connectivity index (χ4v) is 6.15. The lowest BCUT2D eigenvalue weighted by molar-refractivity contribution is -0.127. The fraction of sp³-hybridized carbons (Fsp3) is 0.389. The van der Waals surface area contributed by atoms with E-state index < -0.39 is 0 Å². The molecule has 7 heteroatoms. The summed E-state index contributed by atoms with van der Waals surface area (Å²) in [6.07, 6.45) is 6.40. The molecule has 4 rings (SSSR count). The lowest BCUT2D eigenvalue weighted by atomic mass is 9.97. The SMILES string of the molecule is CN(Cc1cccs1)C(=O)CSc1ncnc2sc3c(c12)CCCC3. The van der Waals surface area contributed by atoms with Crippen LogP contribution in [0.4, 0.5) is 0 Å². The predicted molar refractivity (Wildman–Crippen MR) is 106 cm³/mol. The third-order valence-corrected chi connectivity index (χ3v) is 7.48. The molecule has 0 fully saturated rings. The van der Waals surface area contributed by atoms with Gasteiger partial charge >= 0.3 is 0 Å². The van der Waals surface area contributed by atoms with E-state index in [1.54, 1.807) is 45.7 Å². The van der Waals surface area contributed by atoms with Crippen LogP contribution in [-0.2, 0) is 24.2 Å². The molecule has 3 aromatic rings. The Bertz CT molecular complexity index is 888. The first-order valence-electron chi connectivity index (χ1n) is 8.37. The number of nitrogens with zero attached hydrogens (tertiary/aromatic N) is 3. The lowest BCUT2D eigenvalue weighted by Gasteiger charge is -2.16. The molecule has 4 nitrogen and oxygen atoms in total. The Kier molecular flexibility index (Phi) is 5.05. The van der Waals surface area contributed by atoms with Crippen LogP contribution in [0.25, 0.3) is 10.2 Å². The molecule has 3 heterocycles. The molecule has 3 aromatic heterocycles. The van der Waals surface area contributed by atoms with Crippen LogP contribution in [0.1, 0.15) is 28.2 Å². The van der Waals surface area contributed by atoms with Gasteiger partial charge in [0, 0.05) is 22.2 Å². The number of thiophene rings is 2. The summed E-state index contributed by atoms with van der Waals surface area (Å²) in [4.78, 5) is 27.0. The van der Waals surface area contributed by atoms with Crippen LogP contribution in [0.3, 0.4) is 0 Å². The van der Waals surface area contributed by atoms with Gasteiger partial charge in [0.05, 0.1) is 12.3 Å². The second kappa shape index (κ2) is 7.43. The van der Waals surface area contributed by atoms with Crippen LogP contribution < -0.4 is 0 Å². The topological polar surface area (TPSA) is 46.1 Å². The van der Waals surface area contributed by atoms with Crippen molar-refractivity contribution >= 4 is 50.6 Å². The van der Waals surface area contributed by atoms with Crippen molar-refractivity contribution < 1.29 is 4.79 Å². The molecule has 0 bridgehead atoms. The van der Waals surface area contributed by atoms with Crippen LogP contribution in [0.5, 0.6) is 0 Å². The monoisotopic (exact) mass is 389 g/mol. The van der Waals surface area contributed by atoms with Gasteiger partial charge in [-0.25, -0.2) is 9.97 Å². The van der Waals surface area contributed by atoms with Crippen molar-refractivity contribution in [3.05, 3.63) is 39.2 Å². The Labute approximate surface area is 159 Å². The number of amides is 1. The summed E-state index contributed by atoms with van der Waals surface area (Å²) >= 11 is 5.02. The minimum absolute atomic E-state index is 0.134. The highest BCUT2D eigenvalue weighted by Gasteiger charge is 2.21. The second-order valence-electron chi connectivity index (χ2n) is 6.19. The summed E-state index contributed by atoms with van der Waals surface area (Å²) in [7, 11) is 1.87. The molecule has 1 aliphatic carbocycles. The number of hydrogen-bond acceptors (Lipinski definition) is 6. The van der Waals surface area contributed by atoms with Crippen LogP contribution in [0, 0.1) is 0 Å². The number of aryl methyl sites for hydroxylation is 2. The molecule has 0 N–H and O–H groups in total. The van der Waals surface area contributed by atoms with Crippen molar-refractivity contribution in [2.45, 2.75) is 37.3 Å². The van der Waals surface area contributed by atoms with Gasteiger partial charge in [-0.05, 0) is 42.7 Å². The fourth-order valence-electron chi connectivity index (χ4n) is 3.14. The van der Waals surface area contributed by atoms with Gasteiger partial charge < -0.3 is 4.90 Å². The number of fused-ring (bicyclic) bond motifs is 3. The quantitative estimate of drug-likeness (QED) is 0.480. The number of carbonyl (C=O) groups is 1. The van der Waals surface area contributed by atoms with Gasteiger partial charge in [0.1, 0.15) is 16.2 Å². The Balaban J connectivity index is 1.49. The summed E-state index contributed by atoms with van der Waals surface area (Å²) in [5, 5.41) is 4.20. The maximum atomic E-state index is 12.5. The Morgan fingerprint density at radius 2 is 2.20 bits per heavy atom. The summed E-state index contributed by atoms with van der Waals surface area (Å²) in [6, 6.07) is 4.08. The minimum Gasteiger partial charge on any atom is -0.340 e. The van der Waals surface area contributed by atoms with E-state index in [2.05, 4.69) is 16.0 Å². The van der Waals surface area contributed by atoms with Crippen LogP contribution >= 0.6 is 34.4 Å². The molecule has 0 spiro atoms. The van der Waals surface area contributed by atoms with Gasteiger partial charge in [0.15, 0.2) is 0 Å². The van der Waals surface area contributed by atoms with Gasteiger partial charge in [-0.3, -0.25) is 4.79 Å². The van der Waals surface area contributed by atoms with Crippen molar-refractivity contribution in [3.63, 3.8) is 0 Å². The summed E-state index contributed by atoms with van der Waals surface area (Å²) in [5.41, 5.74) is 1.42. The van der Waals surface area contributed by atoms with Crippen LogP contribution in [0.2, 0.25) is 0 Å². The van der Waals surface area contributed by atoms with E-state index >= 15 is 0 Å². The molecule has 0 aliphatic heterocycles. The first kappa shape index (κ1) is 17.0. The first-order chi connectivity index (χ1) is 12.2. The highest BCUT2D eigenvalue weighted by Crippen LogP contribution is 2.39. The third kappa shape index (κ3) is 3.59. The largest absolute Gasteiger partial charge is 0.340 e. The molecular formula is C18H19N3OS3. The minimum atomic E-state index is 0.134. The van der Waals surface area contributed by atoms with Crippen LogP contribution in [0.15, 0.2) is 28.9 Å². The van der Waals surface area contributed by atoms with E-state index in [0.29, 0.717) is 12.3 Å². The van der Waals surface area contributed by atoms with E-state index in [0.717, 1.165) is 22.7 Å². The first-order valence-corrected chi connectivity index (χ1v) is 11.0. The van der Waals surface area contributed by atoms with Crippen molar-refractivity contribution in [1.82, 2.24) is 14.9 Å². The summed E-state index contributed by atoms with van der Waals surface area (Å²) in [6.45, 7) is 0.671. The Hall–Kier alpha value is -1.44. The molecule has 130 valence electrons. The van der Waals surface area contributed by atoms with Gasteiger partial charge in [-0.1, -0.05) is 17.8 Å². The van der Waals surface area contributed by atoms with Crippen molar-refractivity contribution in [1.29, 1.82) is 0 Å². The highest BCUT2D eigenvalue weighted by molar-refractivity contribution is 8.00. The van der Waals surface area contributed by atoms with E-state index in [-0.39, 0.29) is 5.91 Å². The number of rotatable bonds is 5. The van der Waals surface area contributed by atoms with E-state index in [1.165, 1.54) is 33.5 Å². The molecule has 0 radical (unpaired) electrons. The number of carbonyl (C=O) groups excluding carboxylic acids is 1. The number of thioether (sulfide) groups is 1. The van der Waals surface area contributed by atoms with Gasteiger partial charge in [-0.2, -0.15) is 0 Å². The average Bonchev–Trinajstić information content (AvgIpc) is 3.26. The zero-order chi connectivity index (χ0) is 17.2. The Morgan fingerprint density at radius 1 is 1.32 bits per heavy atom. The molecule has 1 aliphatic rings. The predicted octanol–water partition coefficient (Wildman–Crippen LogP) is 4.38. The van der Waals surface area contributed by atoms with Gasteiger partial charge in [-0.15, -0.1) is 22.7 Å². The molecular weight excluding hydrogens is 370 g/mol. The Morgan fingerprint density at radius 3 is 3.04 bits per heavy atom. The third-order valence-electron chi connectivity index (χ3n) is 4.45. The number of hydrogen-bond donors (Lipinski definition) is 0. The zero-order valence-electron chi connectivity index (χ0n) is 14.0. The second-order valence-corrected chi connectivity index (χ2v) is 9.27. The maximum absolute atomic E-state index is 12.5. The molecule has 25 heavy (non-hydrogen) atoms. The summed E-state index contributed by atoms with van der Waals surface area (Å²) < 4.78 is 0. The highest BCUT2D eigenvalue weighted by atomic mass is 32.2. The molecule has 0 saturated carbocycles. The maximum Gasteiger partial charge on any atom is 0.233 e. The van der Waals surface area contributed by atoms with E-state index in [9.17, 15) is 4.79 Å². The smallest absolute Gasteiger partial charge is 0.233 e. The summed E-state index contributed by atoms with van der Waals surface area (Å²) in [5.74, 6) is 0.549. The standard InChI is InChI=1S/C18H19N3OS3/c1-21(9-12-5-4-8-23-12)15(22)10-24-17-16-13-6-2-3-7-14(13)25-18(16)20-11-19-17/h4-5,8,11H,2-3,6-7,9-10H2,1H3. The molecule has 0 saturated heterocycles. The van der Waals surface area contributed by atoms with E-state index in [1.807, 2.05) is 18.5 Å². The molecule has 0 atom stereocenters. The number of aromatic nitrogens is 2. The van der Waals surface area contributed by atoms with Crippen molar-refractivity contribution in [3.8, 4) is 0 Å². The lowest BCUT2D eigenvalue weighted by Crippen LogP contribution is -2.27. The molecule has 0 aromatic carbocycles. The zero-order valence-corrected chi connectivity index (χ0v) is 16.5. The average molecular weight is 390 g/mol. The van der Waals surface area contributed by atoms with Crippen molar-refractivity contribution in [2.24, 2.45) is 0 Å². The normalized spacial score (nSPS) is 13.8. The van der Waals surface area contributed by atoms with Crippen LogP contribution in [-0.4, -0.2) is 33.6 Å². The van der Waals surface area contributed by atoms with Gasteiger partial charge in [0.25, 0.3) is 0 Å². The van der Waals surface area contributed by atoms with E-state index in [4.69, 9.17) is 0 Å². The molecule has 1 amide bonds. The van der Waals surface area contributed by atoms with Crippen molar-refractivity contribution in [2.75, 3.05) is 12.8 Å². The molecule has 0 unspecified atom stereocenters. The van der Waals surface area contributed by atoms with Gasteiger partial charge in [0.2, 0.25) is 5.91 Å².